The van der Waals surface area contributed by atoms with E-state index in [4.69, 9.17) is 18.9 Å². The van der Waals surface area contributed by atoms with Gasteiger partial charge < -0.3 is 29.2 Å². The smallest absolute Gasteiger partial charge is 0.334 e. The molecule has 1 heterocycles. The average molecular weight is 386 g/mol. The van der Waals surface area contributed by atoms with Gasteiger partial charge in [-0.3, -0.25) is 0 Å². The molecule has 0 radical (unpaired) electrons. The third kappa shape index (κ3) is 3.83. The number of methoxy groups -OCH3 is 3. The van der Waals surface area contributed by atoms with E-state index in [0.29, 0.717) is 29.1 Å². The molecule has 1 saturated heterocycles. The number of phenolic OH excluding ortho intramolecular Hbond substituents is 2. The van der Waals surface area contributed by atoms with Gasteiger partial charge in [0.2, 0.25) is 5.75 Å². The first-order chi connectivity index (χ1) is 13.5. The van der Waals surface area contributed by atoms with Gasteiger partial charge in [0.05, 0.1) is 27.9 Å². The first kappa shape index (κ1) is 19.4. The summed E-state index contributed by atoms with van der Waals surface area (Å²) < 4.78 is 20.7. The molecule has 1 aliphatic rings. The maximum Gasteiger partial charge on any atom is 0.334 e. The van der Waals surface area contributed by atoms with Gasteiger partial charge in [0.1, 0.15) is 0 Å². The second kappa shape index (κ2) is 8.12. The van der Waals surface area contributed by atoms with Gasteiger partial charge in [-0.15, -0.1) is 0 Å². The monoisotopic (exact) mass is 386 g/mol. The second-order valence-corrected chi connectivity index (χ2v) is 6.38. The lowest BCUT2D eigenvalue weighted by Gasteiger charge is -2.12. The topological polar surface area (TPSA) is 94.5 Å². The zero-order valence-corrected chi connectivity index (χ0v) is 15.9. The number of benzene rings is 2. The van der Waals surface area contributed by atoms with Gasteiger partial charge in [-0.25, -0.2) is 4.79 Å². The van der Waals surface area contributed by atoms with Crippen LogP contribution in [0.1, 0.15) is 11.1 Å². The fourth-order valence-corrected chi connectivity index (χ4v) is 3.22. The fourth-order valence-electron chi connectivity index (χ4n) is 3.22. The molecule has 1 fully saturated rings. The van der Waals surface area contributed by atoms with Crippen LogP contribution in [0.4, 0.5) is 0 Å². The number of cyclic esters (lactones) is 1. The summed E-state index contributed by atoms with van der Waals surface area (Å²) in [4.78, 5) is 12.2. The number of rotatable bonds is 6. The highest BCUT2D eigenvalue weighted by Gasteiger charge is 2.31. The van der Waals surface area contributed by atoms with Gasteiger partial charge in [0, 0.05) is 11.5 Å². The molecule has 2 N–H and O–H groups in total. The van der Waals surface area contributed by atoms with Crippen molar-refractivity contribution >= 4 is 12.0 Å². The molecule has 1 unspecified atom stereocenters. The summed E-state index contributed by atoms with van der Waals surface area (Å²) >= 11 is 0. The molecule has 2 aromatic rings. The Bertz CT molecular complexity index is 917. The van der Waals surface area contributed by atoms with Crippen LogP contribution >= 0.6 is 0 Å². The van der Waals surface area contributed by atoms with Crippen molar-refractivity contribution in [1.29, 1.82) is 0 Å². The molecule has 0 aliphatic carbocycles. The molecule has 1 atom stereocenters. The predicted octanol–water partition coefficient (Wildman–Crippen LogP) is 2.92. The highest BCUT2D eigenvalue weighted by Crippen LogP contribution is 2.39. The van der Waals surface area contributed by atoms with Gasteiger partial charge in [-0.1, -0.05) is 6.07 Å². The Morgan fingerprint density at radius 1 is 1.04 bits per heavy atom. The van der Waals surface area contributed by atoms with Crippen LogP contribution in [0, 0.1) is 5.92 Å². The van der Waals surface area contributed by atoms with Crippen molar-refractivity contribution in [2.75, 3.05) is 27.9 Å². The number of hydrogen-bond acceptors (Lipinski definition) is 7. The first-order valence-corrected chi connectivity index (χ1v) is 8.66. The average Bonchev–Trinajstić information content (AvgIpc) is 3.02. The molecule has 0 amide bonds. The lowest BCUT2D eigenvalue weighted by molar-refractivity contribution is -0.135. The van der Waals surface area contributed by atoms with Crippen LogP contribution in [0.5, 0.6) is 28.7 Å². The van der Waals surface area contributed by atoms with Crippen LogP contribution in [0.25, 0.3) is 6.08 Å². The highest BCUT2D eigenvalue weighted by molar-refractivity contribution is 5.96. The molecule has 1 aliphatic heterocycles. The van der Waals surface area contributed by atoms with Crippen LogP contribution in [-0.4, -0.2) is 44.1 Å². The zero-order chi connectivity index (χ0) is 20.3. The van der Waals surface area contributed by atoms with E-state index in [2.05, 4.69) is 0 Å². The Morgan fingerprint density at radius 3 is 2.46 bits per heavy atom. The van der Waals surface area contributed by atoms with Crippen molar-refractivity contribution in [2.24, 2.45) is 5.92 Å². The third-order valence-electron chi connectivity index (χ3n) is 4.62. The minimum atomic E-state index is -0.398. The molecular weight excluding hydrogens is 364 g/mol. The van der Waals surface area contributed by atoms with Gasteiger partial charge in [0.25, 0.3) is 0 Å². The maximum absolute atomic E-state index is 12.2. The Morgan fingerprint density at radius 2 is 1.79 bits per heavy atom. The second-order valence-electron chi connectivity index (χ2n) is 6.38. The van der Waals surface area contributed by atoms with Crippen molar-refractivity contribution in [1.82, 2.24) is 0 Å². The SMILES string of the molecule is COc1cc(CC2COC(=O)/C2=C/c2cc(O)c(OC)c(OC)c2)ccc1O. The third-order valence-corrected chi connectivity index (χ3v) is 4.62. The quantitative estimate of drug-likeness (QED) is 0.582. The number of carbonyl (C=O) groups excluding carboxylic acids is 1. The van der Waals surface area contributed by atoms with Crippen molar-refractivity contribution in [3.63, 3.8) is 0 Å². The lowest BCUT2D eigenvalue weighted by Crippen LogP contribution is -2.07. The molecule has 0 saturated carbocycles. The number of ether oxygens (including phenoxy) is 4. The number of esters is 1. The number of hydrogen-bond donors (Lipinski definition) is 2. The van der Waals surface area contributed by atoms with Gasteiger partial charge in [0.15, 0.2) is 23.0 Å². The van der Waals surface area contributed by atoms with E-state index in [1.54, 1.807) is 30.3 Å². The van der Waals surface area contributed by atoms with Crippen molar-refractivity contribution < 1.29 is 34.0 Å². The summed E-state index contributed by atoms with van der Waals surface area (Å²) in [6.07, 6.45) is 2.22. The predicted molar refractivity (Wildman–Crippen MR) is 102 cm³/mol. The fraction of sp³-hybridized carbons (Fsp3) is 0.286. The number of carbonyl (C=O) groups is 1. The summed E-state index contributed by atoms with van der Waals surface area (Å²) in [7, 11) is 4.39. The van der Waals surface area contributed by atoms with Crippen molar-refractivity contribution in [2.45, 2.75) is 6.42 Å². The van der Waals surface area contributed by atoms with E-state index < -0.39 is 5.97 Å². The highest BCUT2D eigenvalue weighted by atomic mass is 16.5. The maximum atomic E-state index is 12.2. The summed E-state index contributed by atoms with van der Waals surface area (Å²) in [5.41, 5.74) is 2.00. The van der Waals surface area contributed by atoms with Crippen molar-refractivity contribution in [3.8, 4) is 28.7 Å². The van der Waals surface area contributed by atoms with Crippen molar-refractivity contribution in [3.05, 3.63) is 47.0 Å². The molecule has 7 nitrogen and oxygen atoms in total. The molecule has 2 aromatic carbocycles. The van der Waals surface area contributed by atoms with Crippen LogP contribution in [-0.2, 0) is 16.0 Å². The molecule has 148 valence electrons. The van der Waals surface area contributed by atoms with E-state index in [9.17, 15) is 15.0 Å². The van der Waals surface area contributed by atoms with E-state index in [-0.39, 0.29) is 29.8 Å². The normalized spacial score (nSPS) is 17.5. The van der Waals surface area contributed by atoms with Crippen LogP contribution in [0.15, 0.2) is 35.9 Å². The Kier molecular flexibility index (Phi) is 5.63. The number of aromatic hydroxyl groups is 2. The molecule has 0 aromatic heterocycles. The summed E-state index contributed by atoms with van der Waals surface area (Å²) in [5, 5.41) is 19.9. The molecular formula is C21H22O7. The van der Waals surface area contributed by atoms with E-state index >= 15 is 0 Å². The molecule has 7 heteroatoms. The van der Waals surface area contributed by atoms with E-state index in [0.717, 1.165) is 5.56 Å². The van der Waals surface area contributed by atoms with E-state index in [1.807, 2.05) is 0 Å². The molecule has 0 bridgehead atoms. The number of phenols is 2. The molecule has 3 rings (SSSR count). The summed E-state index contributed by atoms with van der Waals surface area (Å²) in [5.74, 6) is 0.369. The molecule has 0 spiro atoms. The first-order valence-electron chi connectivity index (χ1n) is 8.66. The van der Waals surface area contributed by atoms with Gasteiger partial charge >= 0.3 is 5.97 Å². The summed E-state index contributed by atoms with van der Waals surface area (Å²) in [6.45, 7) is 0.257. The van der Waals surface area contributed by atoms with Crippen LogP contribution < -0.4 is 14.2 Å². The lowest BCUT2D eigenvalue weighted by atomic mass is 9.92. The zero-order valence-electron chi connectivity index (χ0n) is 15.9. The van der Waals surface area contributed by atoms with Gasteiger partial charge in [-0.2, -0.15) is 0 Å². The van der Waals surface area contributed by atoms with E-state index in [1.165, 1.54) is 27.4 Å². The van der Waals surface area contributed by atoms with Crippen LogP contribution in [0.2, 0.25) is 0 Å². The minimum Gasteiger partial charge on any atom is -0.504 e. The standard InChI is InChI=1S/C21H22O7/c1-25-18-9-12(4-5-16(18)22)6-14-11-28-21(24)15(14)7-13-8-17(23)20(27-3)19(10-13)26-2/h4-5,7-10,14,22-23H,6,11H2,1-3H3/b15-7+. The Balaban J connectivity index is 1.91. The Labute approximate surface area is 162 Å². The molecule has 28 heavy (non-hydrogen) atoms. The van der Waals surface area contributed by atoms with Gasteiger partial charge in [-0.05, 0) is 47.9 Å². The van der Waals surface area contributed by atoms with Crippen LogP contribution in [0.3, 0.4) is 0 Å². The Hall–Kier alpha value is -3.35. The summed E-state index contributed by atoms with van der Waals surface area (Å²) in [6, 6.07) is 8.25. The largest absolute Gasteiger partial charge is 0.504 e. The minimum absolute atomic E-state index is 0.0570.